The minimum atomic E-state index is -0.223. The Morgan fingerprint density at radius 2 is 2.07 bits per heavy atom. The van der Waals surface area contributed by atoms with E-state index in [1.54, 1.807) is 0 Å². The highest BCUT2D eigenvalue weighted by molar-refractivity contribution is 5.22. The quantitative estimate of drug-likeness (QED) is 0.730. The maximum absolute atomic E-state index is 6.31. The number of hydrogen-bond acceptors (Lipinski definition) is 3. The van der Waals surface area contributed by atoms with E-state index in [1.807, 2.05) is 19.2 Å². The summed E-state index contributed by atoms with van der Waals surface area (Å²) in [6, 6.07) is 4.09. The van der Waals surface area contributed by atoms with Crippen LogP contribution in [0.3, 0.4) is 0 Å². The zero-order valence-corrected chi connectivity index (χ0v) is 8.49. The highest BCUT2D eigenvalue weighted by Crippen LogP contribution is 2.28. The van der Waals surface area contributed by atoms with Gasteiger partial charge in [-0.25, -0.2) is 0 Å². The van der Waals surface area contributed by atoms with Crippen molar-refractivity contribution in [1.82, 2.24) is 4.98 Å². The summed E-state index contributed by atoms with van der Waals surface area (Å²) in [4.78, 5) is 4.28. The monoisotopic (exact) mass is 192 g/mol. The summed E-state index contributed by atoms with van der Waals surface area (Å²) in [7, 11) is 0. The topological polar surface area (TPSA) is 48.1 Å². The number of hydrogen-bond donors (Lipinski definition) is 1. The molecule has 0 aromatic carbocycles. The van der Waals surface area contributed by atoms with Gasteiger partial charge in [-0.3, -0.25) is 4.98 Å². The van der Waals surface area contributed by atoms with Crippen molar-refractivity contribution in [1.29, 1.82) is 0 Å². The molecule has 2 N–H and O–H groups in total. The molecule has 0 unspecified atom stereocenters. The molecular formula is C11H16N2O. The van der Waals surface area contributed by atoms with Gasteiger partial charge in [0.25, 0.3) is 0 Å². The maximum atomic E-state index is 6.31. The fraction of sp³-hybridized carbons (Fsp3) is 0.545. The second-order valence-corrected chi connectivity index (χ2v) is 3.96. The largest absolute Gasteiger partial charge is 0.381 e. The SMILES string of the molecule is Cc1ccc(C2(N)CCOCC2)cn1. The van der Waals surface area contributed by atoms with Gasteiger partial charge in [0.05, 0.1) is 0 Å². The molecule has 0 aliphatic carbocycles. The molecule has 76 valence electrons. The molecule has 2 heterocycles. The summed E-state index contributed by atoms with van der Waals surface area (Å²) < 4.78 is 5.31. The normalized spacial score (nSPS) is 20.7. The molecule has 1 saturated heterocycles. The van der Waals surface area contributed by atoms with Crippen molar-refractivity contribution >= 4 is 0 Å². The summed E-state index contributed by atoms with van der Waals surface area (Å²) in [6.45, 7) is 3.49. The predicted molar refractivity (Wildman–Crippen MR) is 54.9 cm³/mol. The Hall–Kier alpha value is -0.930. The van der Waals surface area contributed by atoms with Crippen LogP contribution in [0.4, 0.5) is 0 Å². The van der Waals surface area contributed by atoms with E-state index in [-0.39, 0.29) is 5.54 Å². The summed E-state index contributed by atoms with van der Waals surface area (Å²) in [5, 5.41) is 0. The van der Waals surface area contributed by atoms with Crippen LogP contribution >= 0.6 is 0 Å². The molecule has 1 aliphatic rings. The molecule has 1 aromatic rings. The molecule has 3 heteroatoms. The van der Waals surface area contributed by atoms with Crippen LogP contribution in [0.2, 0.25) is 0 Å². The van der Waals surface area contributed by atoms with Crippen LogP contribution in [-0.4, -0.2) is 18.2 Å². The van der Waals surface area contributed by atoms with Crippen molar-refractivity contribution in [3.05, 3.63) is 29.6 Å². The molecule has 0 atom stereocenters. The molecule has 1 aliphatic heterocycles. The maximum Gasteiger partial charge on any atom is 0.0486 e. The zero-order valence-electron chi connectivity index (χ0n) is 8.49. The number of nitrogens with zero attached hydrogens (tertiary/aromatic N) is 1. The van der Waals surface area contributed by atoms with Crippen LogP contribution in [-0.2, 0) is 10.3 Å². The molecule has 2 rings (SSSR count). The number of aromatic nitrogens is 1. The van der Waals surface area contributed by atoms with Crippen molar-refractivity contribution in [2.75, 3.05) is 13.2 Å². The minimum absolute atomic E-state index is 0.223. The van der Waals surface area contributed by atoms with Crippen molar-refractivity contribution in [2.24, 2.45) is 5.73 Å². The highest BCUT2D eigenvalue weighted by atomic mass is 16.5. The third-order valence-corrected chi connectivity index (χ3v) is 2.87. The Bertz CT molecular complexity index is 302. The molecule has 1 fully saturated rings. The van der Waals surface area contributed by atoms with Gasteiger partial charge in [-0.05, 0) is 31.4 Å². The van der Waals surface area contributed by atoms with Gasteiger partial charge in [0.1, 0.15) is 0 Å². The summed E-state index contributed by atoms with van der Waals surface area (Å²) in [5.41, 5.74) is 8.25. The second-order valence-electron chi connectivity index (χ2n) is 3.96. The van der Waals surface area contributed by atoms with Gasteiger partial charge in [-0.15, -0.1) is 0 Å². The van der Waals surface area contributed by atoms with Crippen molar-refractivity contribution in [3.8, 4) is 0 Å². The number of rotatable bonds is 1. The fourth-order valence-corrected chi connectivity index (χ4v) is 1.79. The molecule has 0 bridgehead atoms. The van der Waals surface area contributed by atoms with Crippen molar-refractivity contribution in [2.45, 2.75) is 25.3 Å². The van der Waals surface area contributed by atoms with E-state index in [0.29, 0.717) is 0 Å². The molecule has 0 saturated carbocycles. The standard InChI is InChI=1S/C11H16N2O/c1-9-2-3-10(8-13-9)11(12)4-6-14-7-5-11/h2-3,8H,4-7,12H2,1H3. The van der Waals surface area contributed by atoms with Crippen LogP contribution in [0, 0.1) is 6.92 Å². The minimum Gasteiger partial charge on any atom is -0.381 e. The third-order valence-electron chi connectivity index (χ3n) is 2.87. The first kappa shape index (κ1) is 9.62. The van der Waals surface area contributed by atoms with E-state index >= 15 is 0 Å². The second kappa shape index (κ2) is 3.67. The summed E-state index contributed by atoms with van der Waals surface area (Å²) >= 11 is 0. The van der Waals surface area contributed by atoms with Crippen molar-refractivity contribution in [3.63, 3.8) is 0 Å². The van der Waals surface area contributed by atoms with Gasteiger partial charge >= 0.3 is 0 Å². The summed E-state index contributed by atoms with van der Waals surface area (Å²) in [5.74, 6) is 0. The van der Waals surface area contributed by atoms with Crippen LogP contribution in [0.15, 0.2) is 18.3 Å². The predicted octanol–water partition coefficient (Wildman–Crippen LogP) is 1.35. The van der Waals surface area contributed by atoms with E-state index < -0.39 is 0 Å². The number of pyridine rings is 1. The van der Waals surface area contributed by atoms with Crippen LogP contribution in [0.1, 0.15) is 24.1 Å². The van der Waals surface area contributed by atoms with Gasteiger partial charge in [-0.1, -0.05) is 6.07 Å². The average Bonchev–Trinajstić information content (AvgIpc) is 2.19. The van der Waals surface area contributed by atoms with E-state index in [4.69, 9.17) is 10.5 Å². The lowest BCUT2D eigenvalue weighted by molar-refractivity contribution is 0.0521. The summed E-state index contributed by atoms with van der Waals surface area (Å²) in [6.07, 6.45) is 3.66. The molecule has 14 heavy (non-hydrogen) atoms. The fourth-order valence-electron chi connectivity index (χ4n) is 1.79. The molecule has 0 spiro atoms. The Morgan fingerprint density at radius 3 is 2.64 bits per heavy atom. The lowest BCUT2D eigenvalue weighted by Crippen LogP contribution is -2.42. The first-order valence-corrected chi connectivity index (χ1v) is 5.00. The first-order valence-electron chi connectivity index (χ1n) is 5.00. The lowest BCUT2D eigenvalue weighted by atomic mass is 9.85. The van der Waals surface area contributed by atoms with Gasteiger partial charge in [0, 0.05) is 30.6 Å². The molecule has 1 aromatic heterocycles. The van der Waals surface area contributed by atoms with Crippen LogP contribution in [0.5, 0.6) is 0 Å². The Kier molecular flexibility index (Phi) is 2.52. The first-order chi connectivity index (χ1) is 6.71. The molecular weight excluding hydrogens is 176 g/mol. The van der Waals surface area contributed by atoms with E-state index in [0.717, 1.165) is 37.3 Å². The van der Waals surface area contributed by atoms with E-state index in [2.05, 4.69) is 11.1 Å². The lowest BCUT2D eigenvalue weighted by Gasteiger charge is -2.33. The Labute approximate surface area is 84.3 Å². The number of ether oxygens (including phenoxy) is 1. The van der Waals surface area contributed by atoms with Crippen LogP contribution in [0.25, 0.3) is 0 Å². The number of nitrogens with two attached hydrogens (primary N) is 1. The number of aryl methyl sites for hydroxylation is 1. The highest BCUT2D eigenvalue weighted by Gasteiger charge is 2.29. The Morgan fingerprint density at radius 1 is 1.36 bits per heavy atom. The smallest absolute Gasteiger partial charge is 0.0486 e. The molecule has 0 radical (unpaired) electrons. The van der Waals surface area contributed by atoms with E-state index in [9.17, 15) is 0 Å². The third kappa shape index (κ3) is 1.79. The zero-order chi connectivity index (χ0) is 10.0. The van der Waals surface area contributed by atoms with Gasteiger partial charge < -0.3 is 10.5 Å². The average molecular weight is 192 g/mol. The van der Waals surface area contributed by atoms with Gasteiger partial charge in [0.15, 0.2) is 0 Å². The van der Waals surface area contributed by atoms with Gasteiger partial charge in [-0.2, -0.15) is 0 Å². The van der Waals surface area contributed by atoms with Crippen molar-refractivity contribution < 1.29 is 4.74 Å². The Balaban J connectivity index is 2.23. The van der Waals surface area contributed by atoms with E-state index in [1.165, 1.54) is 0 Å². The van der Waals surface area contributed by atoms with Crippen LogP contribution < -0.4 is 5.73 Å². The van der Waals surface area contributed by atoms with Gasteiger partial charge in [0.2, 0.25) is 0 Å². The molecule has 0 amide bonds. The molecule has 3 nitrogen and oxygen atoms in total.